The third-order valence-electron chi connectivity index (χ3n) is 5.20. The number of fused-ring (bicyclic) bond motifs is 1. The molecule has 2 amide bonds. The van der Waals surface area contributed by atoms with Gasteiger partial charge < -0.3 is 14.5 Å². The summed E-state index contributed by atoms with van der Waals surface area (Å²) in [4.78, 5) is 24.7. The summed E-state index contributed by atoms with van der Waals surface area (Å²) in [5.41, 5.74) is 3.40. The molecule has 2 heterocycles. The van der Waals surface area contributed by atoms with E-state index in [4.69, 9.17) is 32.4 Å². The van der Waals surface area contributed by atoms with Crippen LogP contribution in [-0.4, -0.2) is 53.3 Å². The Morgan fingerprint density at radius 2 is 2.03 bits per heavy atom. The number of nitrogens with zero attached hydrogens (tertiary/aromatic N) is 1. The van der Waals surface area contributed by atoms with E-state index >= 15 is 0 Å². The van der Waals surface area contributed by atoms with Crippen LogP contribution in [0.1, 0.15) is 17.0 Å². The number of furan rings is 1. The van der Waals surface area contributed by atoms with E-state index in [0.717, 1.165) is 11.5 Å². The van der Waals surface area contributed by atoms with Crippen molar-refractivity contribution in [3.63, 3.8) is 0 Å². The molecule has 4 rings (SSSR count). The van der Waals surface area contributed by atoms with Gasteiger partial charge in [-0.3, -0.25) is 15.0 Å². The van der Waals surface area contributed by atoms with Gasteiger partial charge in [0.2, 0.25) is 0 Å². The monoisotopic (exact) mass is 506 g/mol. The number of carbonyl (C=O) groups excluding carboxylic acids is 2. The smallest absolute Gasteiger partial charge is 0.301 e. The Bertz CT molecular complexity index is 1210. The maximum atomic E-state index is 13.4. The van der Waals surface area contributed by atoms with Crippen LogP contribution in [0.4, 0.5) is 4.39 Å². The Balaban J connectivity index is 1.25. The van der Waals surface area contributed by atoms with Gasteiger partial charge in [-0.15, -0.1) is 0 Å². The Labute approximate surface area is 202 Å². The molecule has 7 nitrogen and oxygen atoms in total. The van der Waals surface area contributed by atoms with Crippen molar-refractivity contribution in [3.8, 4) is 5.75 Å². The SMILES string of the molecule is O=C(COc1ccc(Cl)c(F)c1)NC[C@]1([Si])CCN(NC(=O)c2cc3cc(Cl)ccc3o2)C1. The number of amides is 2. The van der Waals surface area contributed by atoms with Gasteiger partial charge in [-0.1, -0.05) is 23.2 Å². The predicted octanol–water partition coefficient (Wildman–Crippen LogP) is 3.75. The van der Waals surface area contributed by atoms with Crippen LogP contribution in [0.5, 0.6) is 5.75 Å². The fourth-order valence-electron chi connectivity index (χ4n) is 3.47. The Kier molecular flexibility index (Phi) is 6.94. The molecule has 33 heavy (non-hydrogen) atoms. The Morgan fingerprint density at radius 1 is 1.21 bits per heavy atom. The highest BCUT2D eigenvalue weighted by Gasteiger charge is 2.35. The first-order valence-corrected chi connectivity index (χ1v) is 11.3. The molecule has 0 bridgehead atoms. The zero-order chi connectivity index (χ0) is 23.6. The zero-order valence-corrected chi connectivity index (χ0v) is 19.8. The molecule has 0 spiro atoms. The van der Waals surface area contributed by atoms with Gasteiger partial charge in [0.25, 0.3) is 5.91 Å². The maximum Gasteiger partial charge on any atom is 0.301 e. The van der Waals surface area contributed by atoms with Crippen molar-refractivity contribution < 1.29 is 23.1 Å². The van der Waals surface area contributed by atoms with Crippen molar-refractivity contribution in [2.45, 2.75) is 11.5 Å². The van der Waals surface area contributed by atoms with Gasteiger partial charge in [0.15, 0.2) is 12.4 Å². The van der Waals surface area contributed by atoms with E-state index < -0.39 is 10.9 Å². The van der Waals surface area contributed by atoms with E-state index in [1.807, 2.05) is 0 Å². The normalized spacial score (nSPS) is 18.4. The van der Waals surface area contributed by atoms with Crippen molar-refractivity contribution >= 4 is 56.2 Å². The standard InChI is InChI=1S/C22H19Cl2FN3O4Si/c23-14-1-4-18-13(7-14)8-19(32-18)21(30)27-28-6-5-22(33,12-28)11-26-20(29)10-31-15-2-3-16(24)17(25)9-15/h1-4,7-9H,5-6,10-12H2,(H,26,29)(H,27,30)/t22-/m1/s1. The maximum absolute atomic E-state index is 13.4. The third kappa shape index (κ3) is 5.86. The average molecular weight is 507 g/mol. The number of halogens is 3. The second kappa shape index (κ2) is 9.72. The molecule has 0 unspecified atom stereocenters. The molecule has 11 heteroatoms. The number of hydrazine groups is 1. The minimum absolute atomic E-state index is 0.0182. The highest BCUT2D eigenvalue weighted by molar-refractivity contribution is 6.31. The largest absolute Gasteiger partial charge is 0.484 e. The number of ether oxygens (including phenoxy) is 1. The molecule has 3 aromatic rings. The predicted molar refractivity (Wildman–Crippen MR) is 123 cm³/mol. The zero-order valence-electron chi connectivity index (χ0n) is 17.3. The van der Waals surface area contributed by atoms with Crippen LogP contribution < -0.4 is 15.5 Å². The molecule has 1 aliphatic heterocycles. The molecule has 2 N–H and O–H groups in total. The van der Waals surface area contributed by atoms with Crippen molar-refractivity contribution in [3.05, 3.63) is 64.1 Å². The Hall–Kier alpha value is -2.59. The van der Waals surface area contributed by atoms with Crippen LogP contribution in [0.15, 0.2) is 46.9 Å². The molecule has 0 saturated carbocycles. The Morgan fingerprint density at radius 3 is 2.82 bits per heavy atom. The summed E-state index contributed by atoms with van der Waals surface area (Å²) < 4.78 is 24.3. The molecule has 3 radical (unpaired) electrons. The number of hydrogen-bond donors (Lipinski definition) is 2. The van der Waals surface area contributed by atoms with Crippen molar-refractivity contribution in [1.29, 1.82) is 0 Å². The van der Waals surface area contributed by atoms with Gasteiger partial charge in [-0.05, 0) is 47.9 Å². The second-order valence-corrected chi connectivity index (χ2v) is 9.73. The van der Waals surface area contributed by atoms with E-state index in [1.165, 1.54) is 12.1 Å². The topological polar surface area (TPSA) is 83.8 Å². The lowest BCUT2D eigenvalue weighted by Crippen LogP contribution is -2.43. The minimum Gasteiger partial charge on any atom is -0.484 e. The summed E-state index contributed by atoms with van der Waals surface area (Å²) in [6, 6.07) is 10.7. The highest BCUT2D eigenvalue weighted by atomic mass is 35.5. The molecule has 1 fully saturated rings. The minimum atomic E-state index is -0.617. The molecule has 1 aromatic heterocycles. The number of nitrogens with one attached hydrogen (secondary N) is 2. The van der Waals surface area contributed by atoms with Crippen LogP contribution in [0.25, 0.3) is 11.0 Å². The van der Waals surface area contributed by atoms with Crippen molar-refractivity contribution in [1.82, 2.24) is 15.8 Å². The van der Waals surface area contributed by atoms with E-state index in [1.54, 1.807) is 29.3 Å². The molecule has 1 atom stereocenters. The highest BCUT2D eigenvalue weighted by Crippen LogP contribution is 2.32. The van der Waals surface area contributed by atoms with Gasteiger partial charge in [-0.25, -0.2) is 9.40 Å². The average Bonchev–Trinajstić information content (AvgIpc) is 3.36. The summed E-state index contributed by atoms with van der Waals surface area (Å²) in [7, 11) is 3.72. The first-order valence-electron chi connectivity index (χ1n) is 10.1. The number of carbonyl (C=O) groups is 2. The molecular weight excluding hydrogens is 488 g/mol. The number of rotatable bonds is 7. The summed E-state index contributed by atoms with van der Waals surface area (Å²) >= 11 is 11.6. The van der Waals surface area contributed by atoms with Crippen molar-refractivity contribution in [2.24, 2.45) is 0 Å². The van der Waals surface area contributed by atoms with Gasteiger partial charge in [-0.2, -0.15) is 0 Å². The molecular formula is C22H19Cl2FN3O4Si. The third-order valence-corrected chi connectivity index (χ3v) is 6.33. The first-order chi connectivity index (χ1) is 15.7. The van der Waals surface area contributed by atoms with Crippen LogP contribution in [0, 0.1) is 5.82 Å². The van der Waals surface area contributed by atoms with Crippen LogP contribution in [-0.2, 0) is 4.79 Å². The van der Waals surface area contributed by atoms with E-state index in [0.29, 0.717) is 36.7 Å². The lowest BCUT2D eigenvalue weighted by Gasteiger charge is -2.25. The van der Waals surface area contributed by atoms with Gasteiger partial charge in [0.05, 0.1) is 5.02 Å². The quantitative estimate of drug-likeness (QED) is 0.476. The van der Waals surface area contributed by atoms with Crippen LogP contribution >= 0.6 is 23.2 Å². The van der Waals surface area contributed by atoms with Gasteiger partial charge >= 0.3 is 5.91 Å². The first kappa shape index (κ1) is 23.6. The van der Waals surface area contributed by atoms with Crippen molar-refractivity contribution in [2.75, 3.05) is 26.2 Å². The van der Waals surface area contributed by atoms with E-state index in [2.05, 4.69) is 21.0 Å². The van der Waals surface area contributed by atoms with Crippen LogP contribution in [0.3, 0.4) is 0 Å². The molecule has 1 aliphatic rings. The molecule has 1 saturated heterocycles. The lowest BCUT2D eigenvalue weighted by molar-refractivity contribution is -0.123. The fourth-order valence-corrected chi connectivity index (χ4v) is 4.16. The number of benzene rings is 2. The van der Waals surface area contributed by atoms with E-state index in [-0.39, 0.29) is 35.0 Å². The molecule has 171 valence electrons. The molecule has 0 aliphatic carbocycles. The summed E-state index contributed by atoms with van der Waals surface area (Å²) in [5, 5.41) is 5.40. The summed E-state index contributed by atoms with van der Waals surface area (Å²) in [6.45, 7) is 1.10. The van der Waals surface area contributed by atoms with Gasteiger partial charge in [0, 0.05) is 46.4 Å². The summed E-state index contributed by atoms with van der Waals surface area (Å²) in [6.07, 6.45) is 0.684. The second-order valence-electron chi connectivity index (χ2n) is 7.83. The lowest BCUT2D eigenvalue weighted by atomic mass is 10.1. The molecule has 2 aromatic carbocycles. The van der Waals surface area contributed by atoms with Gasteiger partial charge in [0.1, 0.15) is 17.1 Å². The van der Waals surface area contributed by atoms with Crippen LogP contribution in [0.2, 0.25) is 15.1 Å². The summed E-state index contributed by atoms with van der Waals surface area (Å²) in [5.74, 6) is -0.948. The number of hydrogen-bond acceptors (Lipinski definition) is 5. The fraction of sp³-hybridized carbons (Fsp3) is 0.273. The van der Waals surface area contributed by atoms with E-state index in [9.17, 15) is 14.0 Å².